The van der Waals surface area contributed by atoms with Gasteiger partial charge in [0.2, 0.25) is 0 Å². The molecule has 2 aromatic carbocycles. The van der Waals surface area contributed by atoms with Gasteiger partial charge in [-0.2, -0.15) is 5.10 Å². The number of benzene rings is 2. The van der Waals surface area contributed by atoms with Gasteiger partial charge in [-0.15, -0.1) is 0 Å². The lowest BCUT2D eigenvalue weighted by molar-refractivity contribution is -0.125. The number of hydrogen-bond acceptors (Lipinski definition) is 4. The van der Waals surface area contributed by atoms with Crippen molar-refractivity contribution in [3.8, 4) is 16.9 Å². The van der Waals surface area contributed by atoms with Crippen LogP contribution in [0.5, 0.6) is 0 Å². The summed E-state index contributed by atoms with van der Waals surface area (Å²) in [5, 5.41) is 7.41. The molecule has 1 N–H and O–H groups in total. The van der Waals surface area contributed by atoms with E-state index >= 15 is 0 Å². The van der Waals surface area contributed by atoms with Crippen molar-refractivity contribution in [1.29, 1.82) is 0 Å². The maximum absolute atomic E-state index is 12.8. The number of ether oxygens (including phenoxy) is 1. The van der Waals surface area contributed by atoms with Gasteiger partial charge in [-0.3, -0.25) is 4.79 Å². The Morgan fingerprint density at radius 2 is 1.62 bits per heavy atom. The van der Waals surface area contributed by atoms with E-state index in [9.17, 15) is 9.59 Å². The van der Waals surface area contributed by atoms with E-state index in [2.05, 4.69) is 10.4 Å². The summed E-state index contributed by atoms with van der Waals surface area (Å²) in [5.41, 5.74) is 2.44. The van der Waals surface area contributed by atoms with Crippen LogP contribution in [-0.4, -0.2) is 34.3 Å². The number of carbonyl (C=O) groups is 2. The van der Waals surface area contributed by atoms with Crippen molar-refractivity contribution >= 4 is 11.9 Å². The van der Waals surface area contributed by atoms with Crippen LogP contribution in [-0.2, 0) is 9.53 Å². The lowest BCUT2D eigenvalue weighted by atomic mass is 10.1. The zero-order valence-electron chi connectivity index (χ0n) is 16.8. The first-order chi connectivity index (χ1) is 14.0. The van der Waals surface area contributed by atoms with Crippen LogP contribution in [0.2, 0.25) is 0 Å². The fraction of sp³-hybridized carbons (Fsp3) is 0.261. The van der Waals surface area contributed by atoms with E-state index in [1.165, 1.54) is 0 Å². The second-order valence-corrected chi connectivity index (χ2v) is 7.21. The highest BCUT2D eigenvalue weighted by atomic mass is 16.5. The summed E-state index contributed by atoms with van der Waals surface area (Å²) in [5.74, 6) is -0.613. The van der Waals surface area contributed by atoms with Gasteiger partial charge < -0.3 is 10.1 Å². The molecular formula is C23H25N3O3. The monoisotopic (exact) mass is 391 g/mol. The van der Waals surface area contributed by atoms with Gasteiger partial charge in [0, 0.05) is 17.8 Å². The first kappa shape index (κ1) is 20.3. The van der Waals surface area contributed by atoms with E-state index in [0.29, 0.717) is 17.2 Å². The molecule has 150 valence electrons. The number of amides is 1. The molecule has 0 aliphatic rings. The highest BCUT2D eigenvalue weighted by Crippen LogP contribution is 2.24. The third kappa shape index (κ3) is 5.10. The van der Waals surface area contributed by atoms with Gasteiger partial charge in [0.25, 0.3) is 5.91 Å². The number of esters is 1. The molecule has 1 amide bonds. The number of para-hydroxylation sites is 1. The summed E-state index contributed by atoms with van der Waals surface area (Å²) in [6.45, 7) is 5.62. The summed E-state index contributed by atoms with van der Waals surface area (Å²) in [6, 6.07) is 18.9. The van der Waals surface area contributed by atoms with Crippen LogP contribution in [0.25, 0.3) is 16.9 Å². The lowest BCUT2D eigenvalue weighted by Crippen LogP contribution is -2.38. The Labute approximate surface area is 170 Å². The largest absolute Gasteiger partial charge is 0.452 e. The fourth-order valence-corrected chi connectivity index (χ4v) is 2.72. The lowest BCUT2D eigenvalue weighted by Gasteiger charge is -2.17. The molecule has 3 rings (SSSR count). The van der Waals surface area contributed by atoms with Crippen LogP contribution in [0.3, 0.4) is 0 Å². The van der Waals surface area contributed by atoms with E-state index < -0.39 is 5.97 Å². The molecule has 0 radical (unpaired) electrons. The third-order valence-corrected chi connectivity index (χ3v) is 4.73. The van der Waals surface area contributed by atoms with Gasteiger partial charge in [0.05, 0.1) is 5.69 Å². The van der Waals surface area contributed by atoms with E-state index in [4.69, 9.17) is 4.74 Å². The average Bonchev–Trinajstić information content (AvgIpc) is 3.19. The first-order valence-corrected chi connectivity index (χ1v) is 9.62. The standard InChI is InChI=1S/C23H25N3O3/c1-16(2)17(3)24-21(27)15-29-23(28)20-14-26(19-12-8-5-9-13-19)25-22(20)18-10-6-4-7-11-18/h4-14,16-17H,15H2,1-3H3,(H,24,27)/t17-/m0/s1. The summed E-state index contributed by atoms with van der Waals surface area (Å²) >= 11 is 0. The van der Waals surface area contributed by atoms with Crippen molar-refractivity contribution < 1.29 is 14.3 Å². The quantitative estimate of drug-likeness (QED) is 0.621. The Hall–Kier alpha value is -3.41. The molecule has 0 saturated carbocycles. The molecule has 1 atom stereocenters. The van der Waals surface area contributed by atoms with Crippen LogP contribution in [0.1, 0.15) is 31.1 Å². The molecule has 0 fully saturated rings. The normalized spacial score (nSPS) is 11.9. The van der Waals surface area contributed by atoms with Crippen LogP contribution in [0.15, 0.2) is 66.9 Å². The topological polar surface area (TPSA) is 73.2 Å². The average molecular weight is 391 g/mol. The minimum atomic E-state index is -0.585. The Kier molecular flexibility index (Phi) is 6.44. The maximum Gasteiger partial charge on any atom is 0.342 e. The second kappa shape index (κ2) is 9.19. The van der Waals surface area contributed by atoms with Crippen LogP contribution in [0, 0.1) is 5.92 Å². The molecule has 0 saturated heterocycles. The summed E-state index contributed by atoms with van der Waals surface area (Å²) in [7, 11) is 0. The fourth-order valence-electron chi connectivity index (χ4n) is 2.72. The first-order valence-electron chi connectivity index (χ1n) is 9.62. The van der Waals surface area contributed by atoms with Crippen molar-refractivity contribution in [3.63, 3.8) is 0 Å². The zero-order valence-corrected chi connectivity index (χ0v) is 16.8. The number of nitrogens with one attached hydrogen (secondary N) is 1. The van der Waals surface area contributed by atoms with Crippen LogP contribution >= 0.6 is 0 Å². The van der Waals surface area contributed by atoms with E-state index in [1.54, 1.807) is 10.9 Å². The highest BCUT2D eigenvalue weighted by molar-refractivity contribution is 5.97. The third-order valence-electron chi connectivity index (χ3n) is 4.73. The molecule has 3 aromatic rings. The number of nitrogens with zero attached hydrogens (tertiary/aromatic N) is 2. The van der Waals surface area contributed by atoms with E-state index in [1.807, 2.05) is 81.4 Å². The van der Waals surface area contributed by atoms with Gasteiger partial charge in [-0.1, -0.05) is 62.4 Å². The number of aromatic nitrogens is 2. The Balaban J connectivity index is 1.82. The van der Waals surface area contributed by atoms with E-state index in [-0.39, 0.29) is 18.6 Å². The summed E-state index contributed by atoms with van der Waals surface area (Å²) in [4.78, 5) is 24.8. The second-order valence-electron chi connectivity index (χ2n) is 7.21. The SMILES string of the molecule is CC(C)[C@H](C)NC(=O)COC(=O)c1cn(-c2ccccc2)nc1-c1ccccc1. The van der Waals surface area contributed by atoms with Gasteiger partial charge in [0.1, 0.15) is 11.3 Å². The van der Waals surface area contributed by atoms with Gasteiger partial charge in [-0.25, -0.2) is 9.48 Å². The molecule has 0 spiro atoms. The molecule has 0 bridgehead atoms. The molecule has 6 heteroatoms. The predicted molar refractivity (Wildman–Crippen MR) is 112 cm³/mol. The Bertz CT molecular complexity index is 966. The minimum Gasteiger partial charge on any atom is -0.452 e. The molecular weight excluding hydrogens is 366 g/mol. The van der Waals surface area contributed by atoms with Gasteiger partial charge in [0.15, 0.2) is 6.61 Å². The molecule has 1 aromatic heterocycles. The Morgan fingerprint density at radius 3 is 2.24 bits per heavy atom. The molecule has 6 nitrogen and oxygen atoms in total. The molecule has 29 heavy (non-hydrogen) atoms. The van der Waals surface area contributed by atoms with Crippen molar-refractivity contribution in [2.75, 3.05) is 6.61 Å². The van der Waals surface area contributed by atoms with Crippen LogP contribution in [0.4, 0.5) is 0 Å². The minimum absolute atomic E-state index is 0.00177. The van der Waals surface area contributed by atoms with Crippen molar-refractivity contribution in [1.82, 2.24) is 15.1 Å². The smallest absolute Gasteiger partial charge is 0.342 e. The molecule has 0 aliphatic heterocycles. The number of rotatable bonds is 7. The molecule has 1 heterocycles. The molecule has 0 aliphatic carbocycles. The zero-order chi connectivity index (χ0) is 20.8. The predicted octanol–water partition coefficient (Wildman–Crippen LogP) is 3.86. The Morgan fingerprint density at radius 1 is 1.00 bits per heavy atom. The van der Waals surface area contributed by atoms with Gasteiger partial charge in [-0.05, 0) is 25.0 Å². The summed E-state index contributed by atoms with van der Waals surface area (Å²) < 4.78 is 6.92. The summed E-state index contributed by atoms with van der Waals surface area (Å²) in [6.07, 6.45) is 1.63. The van der Waals surface area contributed by atoms with Crippen molar-refractivity contribution in [2.45, 2.75) is 26.8 Å². The maximum atomic E-state index is 12.8. The van der Waals surface area contributed by atoms with Gasteiger partial charge >= 0.3 is 5.97 Å². The van der Waals surface area contributed by atoms with E-state index in [0.717, 1.165) is 11.3 Å². The number of carbonyl (C=O) groups excluding carboxylic acids is 2. The number of hydrogen-bond donors (Lipinski definition) is 1. The van der Waals surface area contributed by atoms with Crippen molar-refractivity contribution in [2.24, 2.45) is 5.92 Å². The van der Waals surface area contributed by atoms with Crippen LogP contribution < -0.4 is 5.32 Å². The molecule has 0 unspecified atom stereocenters. The highest BCUT2D eigenvalue weighted by Gasteiger charge is 2.21. The van der Waals surface area contributed by atoms with Crippen molar-refractivity contribution in [3.05, 3.63) is 72.4 Å².